The van der Waals surface area contributed by atoms with Crippen molar-refractivity contribution in [1.82, 2.24) is 0 Å². The molecule has 0 aliphatic heterocycles. The van der Waals surface area contributed by atoms with Crippen molar-refractivity contribution in [2.24, 2.45) is 0 Å². The second-order valence-corrected chi connectivity index (χ2v) is 2.71. The molecule has 0 heterocycles. The van der Waals surface area contributed by atoms with Gasteiger partial charge in [0.2, 0.25) is 0 Å². The van der Waals surface area contributed by atoms with Gasteiger partial charge < -0.3 is 15.3 Å². The summed E-state index contributed by atoms with van der Waals surface area (Å²) in [6.45, 7) is 0. The quantitative estimate of drug-likeness (QED) is 0.486. The maximum atomic E-state index is 10.6. The molecule has 0 saturated carbocycles. The summed E-state index contributed by atoms with van der Waals surface area (Å²) in [4.78, 5) is 31.7. The van der Waals surface area contributed by atoms with Crippen molar-refractivity contribution in [1.29, 1.82) is 0 Å². The first-order chi connectivity index (χ1) is 6.91. The van der Waals surface area contributed by atoms with Crippen molar-refractivity contribution in [2.75, 3.05) is 0 Å². The average molecular weight is 582 g/mol. The zero-order valence-corrected chi connectivity index (χ0v) is 15.5. The van der Waals surface area contributed by atoms with Crippen LogP contribution in [0.2, 0.25) is 0 Å². The molecule has 1 aromatic carbocycles. The minimum absolute atomic E-state index is 0. The zero-order chi connectivity index (χ0) is 11.6. The molecular weight excluding hydrogens is 576 g/mol. The molecule has 0 bridgehead atoms. The van der Waals surface area contributed by atoms with Crippen molar-refractivity contribution < 1.29 is 111 Å². The Morgan fingerprint density at radius 2 is 0.882 bits per heavy atom. The number of hydrogen-bond donors (Lipinski definition) is 3. The molecule has 8 heteroatoms. The second-order valence-electron chi connectivity index (χ2n) is 2.71. The van der Waals surface area contributed by atoms with E-state index in [9.17, 15) is 14.4 Å². The van der Waals surface area contributed by atoms with E-state index in [2.05, 4.69) is 0 Å². The maximum Gasteiger partial charge on any atom is 0.335 e. The van der Waals surface area contributed by atoms with E-state index in [1.807, 2.05) is 0 Å². The van der Waals surface area contributed by atoms with Crippen molar-refractivity contribution in [3.05, 3.63) is 34.9 Å². The number of aromatic carboxylic acids is 3. The standard InChI is InChI=1S/C9H6O6.Ce.Th/c10-7(11)4-1-5(8(12)13)3-6(2-4)9(14)15;;/h1-3H,(H,10,11)(H,12,13)(H,14,15);;. The molecule has 0 unspecified atom stereocenters. The predicted octanol–water partition coefficient (Wildman–Crippen LogP) is 0.781. The van der Waals surface area contributed by atoms with E-state index in [0.717, 1.165) is 18.2 Å². The number of hydrogen-bond acceptors (Lipinski definition) is 3. The van der Waals surface area contributed by atoms with E-state index in [-0.39, 0.29) is 98.4 Å². The number of carbonyl (C=O) groups is 3. The Hall–Kier alpha value is 0.331. The number of benzene rings is 1. The van der Waals surface area contributed by atoms with E-state index >= 15 is 0 Å². The van der Waals surface area contributed by atoms with Crippen LogP contribution >= 0.6 is 0 Å². The van der Waals surface area contributed by atoms with Crippen LogP contribution in [0.25, 0.3) is 0 Å². The first-order valence-corrected chi connectivity index (χ1v) is 3.77. The Labute approximate surface area is 161 Å². The molecule has 0 amide bonds. The van der Waals surface area contributed by atoms with Gasteiger partial charge in [-0.1, -0.05) is 0 Å². The topological polar surface area (TPSA) is 112 Å². The molecule has 0 aliphatic carbocycles. The molecule has 0 radical (unpaired) electrons. The summed E-state index contributed by atoms with van der Waals surface area (Å²) in [6.07, 6.45) is 0. The Bertz CT molecular complexity index is 380. The largest absolute Gasteiger partial charge is 0.478 e. The zero-order valence-electron chi connectivity index (χ0n) is 8.30. The Balaban J connectivity index is 0. The summed E-state index contributed by atoms with van der Waals surface area (Å²) in [5, 5.41) is 25.8. The minimum atomic E-state index is -1.37. The first kappa shape index (κ1) is 19.7. The summed E-state index contributed by atoms with van der Waals surface area (Å²) in [5.41, 5.74) is -1.10. The van der Waals surface area contributed by atoms with Gasteiger partial charge in [0.05, 0.1) is 16.7 Å². The molecule has 86 valence electrons. The maximum absolute atomic E-state index is 10.6. The fourth-order valence-electron chi connectivity index (χ4n) is 0.998. The van der Waals surface area contributed by atoms with Crippen LogP contribution in [0.4, 0.5) is 0 Å². The van der Waals surface area contributed by atoms with Gasteiger partial charge in [-0.2, -0.15) is 0 Å². The first-order valence-electron chi connectivity index (χ1n) is 3.77. The average Bonchev–Trinajstić information content (AvgIpc) is 2.16. The third kappa shape index (κ3) is 5.67. The van der Waals surface area contributed by atoms with Crippen LogP contribution in [0.15, 0.2) is 18.2 Å². The number of carboxylic acid groups (broad SMARTS) is 3. The summed E-state index contributed by atoms with van der Waals surface area (Å²) in [7, 11) is 0. The van der Waals surface area contributed by atoms with Crippen molar-refractivity contribution in [3.63, 3.8) is 0 Å². The van der Waals surface area contributed by atoms with Gasteiger partial charge in [-0.05, 0) is 18.2 Å². The van der Waals surface area contributed by atoms with Gasteiger partial charge in [-0.15, -0.1) is 0 Å². The molecule has 0 saturated heterocycles. The van der Waals surface area contributed by atoms with Crippen molar-refractivity contribution >= 4 is 17.9 Å². The van der Waals surface area contributed by atoms with Gasteiger partial charge in [0.1, 0.15) is 0 Å². The Kier molecular flexibility index (Phi) is 9.76. The second kappa shape index (κ2) is 8.44. The van der Waals surface area contributed by atoms with Crippen molar-refractivity contribution in [3.8, 4) is 0 Å². The Morgan fingerprint density at radius 1 is 0.706 bits per heavy atom. The van der Waals surface area contributed by atoms with Gasteiger partial charge in [0.15, 0.2) is 0 Å². The van der Waals surface area contributed by atoms with Gasteiger partial charge in [0.25, 0.3) is 0 Å². The molecule has 0 aromatic heterocycles. The molecule has 1 aromatic rings. The van der Waals surface area contributed by atoms with Crippen molar-refractivity contribution in [2.45, 2.75) is 0 Å². The molecule has 0 fully saturated rings. The van der Waals surface area contributed by atoms with E-state index in [4.69, 9.17) is 15.3 Å². The molecule has 0 aliphatic rings. The third-order valence-corrected chi connectivity index (χ3v) is 1.67. The summed E-state index contributed by atoms with van der Waals surface area (Å²) < 4.78 is 0. The minimum Gasteiger partial charge on any atom is -0.478 e. The number of carboxylic acids is 3. The van der Waals surface area contributed by atoms with Crippen LogP contribution in [-0.4, -0.2) is 33.2 Å². The van der Waals surface area contributed by atoms with Crippen LogP contribution in [0, 0.1) is 81.7 Å². The van der Waals surface area contributed by atoms with Gasteiger partial charge in [-0.3, -0.25) is 0 Å². The molecule has 3 N–H and O–H groups in total. The Morgan fingerprint density at radius 3 is 1.00 bits per heavy atom. The van der Waals surface area contributed by atoms with Crippen LogP contribution in [-0.2, 0) is 0 Å². The SMILES string of the molecule is O=C(O)c1cc(C(=O)O)cc(C(=O)O)c1.[Ce].[Th]. The molecule has 0 atom stereocenters. The van der Waals surface area contributed by atoms with E-state index < -0.39 is 17.9 Å². The van der Waals surface area contributed by atoms with E-state index in [1.54, 1.807) is 0 Å². The van der Waals surface area contributed by atoms with Gasteiger partial charge in [0, 0.05) is 81.7 Å². The van der Waals surface area contributed by atoms with Gasteiger partial charge in [-0.25, -0.2) is 14.4 Å². The van der Waals surface area contributed by atoms with Crippen LogP contribution < -0.4 is 0 Å². The monoisotopic (exact) mass is 582 g/mol. The summed E-state index contributed by atoms with van der Waals surface area (Å²) in [6, 6.07) is 2.70. The van der Waals surface area contributed by atoms with Gasteiger partial charge >= 0.3 is 17.9 Å². The fraction of sp³-hybridized carbons (Fsp3) is 0. The number of rotatable bonds is 3. The molecule has 6 nitrogen and oxygen atoms in total. The van der Waals surface area contributed by atoms with Crippen LogP contribution in [0.3, 0.4) is 0 Å². The normalized spacial score (nSPS) is 8.47. The predicted molar refractivity (Wildman–Crippen MR) is 47.3 cm³/mol. The smallest absolute Gasteiger partial charge is 0.335 e. The van der Waals surface area contributed by atoms with E-state index in [1.165, 1.54) is 0 Å². The third-order valence-electron chi connectivity index (χ3n) is 1.67. The fourth-order valence-corrected chi connectivity index (χ4v) is 0.998. The van der Waals surface area contributed by atoms with E-state index in [0.29, 0.717) is 0 Å². The molecule has 17 heavy (non-hydrogen) atoms. The van der Waals surface area contributed by atoms with Crippen LogP contribution in [0.5, 0.6) is 0 Å². The summed E-state index contributed by atoms with van der Waals surface area (Å²) in [5.74, 6) is -4.12. The molecule has 1 rings (SSSR count). The van der Waals surface area contributed by atoms with Crippen LogP contribution in [0.1, 0.15) is 31.1 Å². The molecule has 0 spiro atoms. The summed E-state index contributed by atoms with van der Waals surface area (Å²) >= 11 is 0. The molecular formula is C9H6CeO6Th.